The third-order valence-corrected chi connectivity index (χ3v) is 3.52. The predicted molar refractivity (Wildman–Crippen MR) is 88.7 cm³/mol. The maximum atomic E-state index is 12.0. The van der Waals surface area contributed by atoms with Gasteiger partial charge in [0.15, 0.2) is 6.10 Å². The molecule has 2 rings (SSSR count). The summed E-state index contributed by atoms with van der Waals surface area (Å²) in [6, 6.07) is 15.0. The van der Waals surface area contributed by atoms with Gasteiger partial charge in [-0.3, -0.25) is 0 Å². The summed E-state index contributed by atoms with van der Waals surface area (Å²) in [4.78, 5) is 12.0. The topological polar surface area (TPSA) is 44.8 Å². The fraction of sp³-hybridized carbons (Fsp3) is 0.316. The predicted octanol–water partition coefficient (Wildman–Crippen LogP) is 3.77. The SMILES string of the molecule is CCc1ccc(OC(=O)C(C)OCc2cccc(OC)c2)cc1. The maximum absolute atomic E-state index is 12.0. The summed E-state index contributed by atoms with van der Waals surface area (Å²) in [5, 5.41) is 0. The lowest BCUT2D eigenvalue weighted by atomic mass is 10.2. The van der Waals surface area contributed by atoms with Crippen LogP contribution in [0.3, 0.4) is 0 Å². The lowest BCUT2D eigenvalue weighted by Crippen LogP contribution is -2.25. The van der Waals surface area contributed by atoms with Crippen molar-refractivity contribution in [3.8, 4) is 11.5 Å². The van der Waals surface area contributed by atoms with E-state index < -0.39 is 12.1 Å². The van der Waals surface area contributed by atoms with E-state index in [1.165, 1.54) is 5.56 Å². The zero-order chi connectivity index (χ0) is 16.7. The Hall–Kier alpha value is -2.33. The second-order valence-electron chi connectivity index (χ2n) is 5.22. The minimum atomic E-state index is -0.646. The molecule has 2 aromatic carbocycles. The Morgan fingerprint density at radius 2 is 1.78 bits per heavy atom. The van der Waals surface area contributed by atoms with Crippen molar-refractivity contribution in [1.82, 2.24) is 0 Å². The summed E-state index contributed by atoms with van der Waals surface area (Å²) in [5.74, 6) is 0.888. The molecule has 0 aromatic heterocycles. The van der Waals surface area contributed by atoms with Crippen molar-refractivity contribution in [3.63, 3.8) is 0 Å². The van der Waals surface area contributed by atoms with E-state index in [0.29, 0.717) is 12.4 Å². The standard InChI is InChI=1S/C19H22O4/c1-4-15-8-10-17(11-9-15)23-19(20)14(2)22-13-16-6-5-7-18(12-16)21-3/h5-12,14H,4,13H2,1-3H3. The Kier molecular flexibility index (Phi) is 6.18. The van der Waals surface area contributed by atoms with Gasteiger partial charge >= 0.3 is 5.97 Å². The first-order valence-corrected chi connectivity index (χ1v) is 7.67. The highest BCUT2D eigenvalue weighted by atomic mass is 16.6. The number of esters is 1. The number of carbonyl (C=O) groups is 1. The Morgan fingerprint density at radius 3 is 2.43 bits per heavy atom. The van der Waals surface area contributed by atoms with Gasteiger partial charge in [-0.2, -0.15) is 0 Å². The minimum Gasteiger partial charge on any atom is -0.497 e. The molecule has 0 amide bonds. The average Bonchev–Trinajstić information content (AvgIpc) is 2.60. The van der Waals surface area contributed by atoms with E-state index in [1.807, 2.05) is 36.4 Å². The molecule has 0 fully saturated rings. The van der Waals surface area contributed by atoms with Crippen LogP contribution in [0.1, 0.15) is 25.0 Å². The second-order valence-corrected chi connectivity index (χ2v) is 5.22. The van der Waals surface area contributed by atoms with Gasteiger partial charge in [0, 0.05) is 0 Å². The summed E-state index contributed by atoms with van der Waals surface area (Å²) in [5.41, 5.74) is 2.14. The van der Waals surface area contributed by atoms with Crippen LogP contribution in [0, 0.1) is 0 Å². The summed E-state index contributed by atoms with van der Waals surface area (Å²) < 4.78 is 16.1. The lowest BCUT2D eigenvalue weighted by molar-refractivity contribution is -0.147. The van der Waals surface area contributed by atoms with Gasteiger partial charge in [-0.25, -0.2) is 4.79 Å². The van der Waals surface area contributed by atoms with E-state index in [4.69, 9.17) is 14.2 Å². The smallest absolute Gasteiger partial charge is 0.340 e. The molecular weight excluding hydrogens is 292 g/mol. The summed E-state index contributed by atoms with van der Waals surface area (Å²) in [7, 11) is 1.61. The van der Waals surface area contributed by atoms with E-state index in [0.717, 1.165) is 17.7 Å². The van der Waals surface area contributed by atoms with Gasteiger partial charge in [-0.1, -0.05) is 31.2 Å². The van der Waals surface area contributed by atoms with Gasteiger partial charge in [0.2, 0.25) is 0 Å². The molecule has 0 saturated carbocycles. The minimum absolute atomic E-state index is 0.322. The first kappa shape index (κ1) is 17.0. The highest BCUT2D eigenvalue weighted by Gasteiger charge is 2.16. The quantitative estimate of drug-likeness (QED) is 0.576. The van der Waals surface area contributed by atoms with Crippen molar-refractivity contribution in [3.05, 3.63) is 59.7 Å². The van der Waals surface area contributed by atoms with Crippen LogP contribution in [0.25, 0.3) is 0 Å². The Balaban J connectivity index is 1.86. The zero-order valence-electron chi connectivity index (χ0n) is 13.7. The number of aryl methyl sites for hydroxylation is 1. The fourth-order valence-corrected chi connectivity index (χ4v) is 2.04. The van der Waals surface area contributed by atoms with Crippen LogP contribution >= 0.6 is 0 Å². The molecule has 4 nitrogen and oxygen atoms in total. The van der Waals surface area contributed by atoms with E-state index in [-0.39, 0.29) is 0 Å². The van der Waals surface area contributed by atoms with Crippen molar-refractivity contribution in [1.29, 1.82) is 0 Å². The first-order valence-electron chi connectivity index (χ1n) is 7.67. The Bertz CT molecular complexity index is 634. The number of hydrogen-bond acceptors (Lipinski definition) is 4. The van der Waals surface area contributed by atoms with Crippen LogP contribution in [0.15, 0.2) is 48.5 Å². The number of ether oxygens (including phenoxy) is 3. The highest BCUT2D eigenvalue weighted by Crippen LogP contribution is 2.16. The molecule has 0 N–H and O–H groups in total. The zero-order valence-corrected chi connectivity index (χ0v) is 13.7. The Morgan fingerprint density at radius 1 is 1.04 bits per heavy atom. The molecule has 1 unspecified atom stereocenters. The normalized spacial score (nSPS) is 11.8. The molecule has 0 saturated heterocycles. The molecule has 0 aliphatic carbocycles. The average molecular weight is 314 g/mol. The molecule has 4 heteroatoms. The Labute approximate surface area is 137 Å². The van der Waals surface area contributed by atoms with Crippen LogP contribution in [-0.4, -0.2) is 19.2 Å². The van der Waals surface area contributed by atoms with Crippen molar-refractivity contribution >= 4 is 5.97 Å². The second kappa shape index (κ2) is 8.34. The summed E-state index contributed by atoms with van der Waals surface area (Å²) in [6.07, 6.45) is 0.306. The summed E-state index contributed by atoms with van der Waals surface area (Å²) in [6.45, 7) is 4.08. The monoisotopic (exact) mass is 314 g/mol. The van der Waals surface area contributed by atoms with Crippen molar-refractivity contribution in [2.75, 3.05) is 7.11 Å². The molecule has 23 heavy (non-hydrogen) atoms. The highest BCUT2D eigenvalue weighted by molar-refractivity contribution is 5.76. The molecule has 0 aliphatic rings. The van der Waals surface area contributed by atoms with Crippen molar-refractivity contribution < 1.29 is 19.0 Å². The van der Waals surface area contributed by atoms with Crippen molar-refractivity contribution in [2.24, 2.45) is 0 Å². The van der Waals surface area contributed by atoms with E-state index >= 15 is 0 Å². The molecule has 0 aliphatic heterocycles. The number of methoxy groups -OCH3 is 1. The molecule has 1 atom stereocenters. The largest absolute Gasteiger partial charge is 0.497 e. The van der Waals surface area contributed by atoms with Crippen LogP contribution < -0.4 is 9.47 Å². The number of hydrogen-bond donors (Lipinski definition) is 0. The van der Waals surface area contributed by atoms with Gasteiger partial charge in [0.1, 0.15) is 11.5 Å². The van der Waals surface area contributed by atoms with Crippen LogP contribution in [0.4, 0.5) is 0 Å². The number of benzene rings is 2. The molecule has 0 bridgehead atoms. The van der Waals surface area contributed by atoms with Gasteiger partial charge in [-0.05, 0) is 48.7 Å². The summed E-state index contributed by atoms with van der Waals surface area (Å²) >= 11 is 0. The third-order valence-electron chi connectivity index (χ3n) is 3.52. The number of rotatable bonds is 7. The molecule has 122 valence electrons. The van der Waals surface area contributed by atoms with Crippen molar-refractivity contribution in [2.45, 2.75) is 33.0 Å². The molecule has 0 radical (unpaired) electrons. The fourth-order valence-electron chi connectivity index (χ4n) is 2.04. The van der Waals surface area contributed by atoms with Gasteiger partial charge in [0.05, 0.1) is 13.7 Å². The molecule has 2 aromatic rings. The maximum Gasteiger partial charge on any atom is 0.340 e. The van der Waals surface area contributed by atoms with E-state index in [1.54, 1.807) is 26.2 Å². The third kappa shape index (κ3) is 5.11. The van der Waals surface area contributed by atoms with Crippen LogP contribution in [0.2, 0.25) is 0 Å². The molecule has 0 spiro atoms. The van der Waals surface area contributed by atoms with E-state index in [2.05, 4.69) is 6.92 Å². The molecule has 0 heterocycles. The van der Waals surface area contributed by atoms with Crippen LogP contribution in [0.5, 0.6) is 11.5 Å². The first-order chi connectivity index (χ1) is 11.1. The van der Waals surface area contributed by atoms with E-state index in [9.17, 15) is 4.79 Å². The molecular formula is C19H22O4. The van der Waals surface area contributed by atoms with Gasteiger partial charge in [0.25, 0.3) is 0 Å². The van der Waals surface area contributed by atoms with Gasteiger partial charge < -0.3 is 14.2 Å². The lowest BCUT2D eigenvalue weighted by Gasteiger charge is -2.13. The van der Waals surface area contributed by atoms with Gasteiger partial charge in [-0.15, -0.1) is 0 Å². The number of carbonyl (C=O) groups excluding carboxylic acids is 1. The van der Waals surface area contributed by atoms with Crippen LogP contribution in [-0.2, 0) is 22.6 Å².